The zero-order valence-electron chi connectivity index (χ0n) is 22.9. The third-order valence-corrected chi connectivity index (χ3v) is 8.64. The van der Waals surface area contributed by atoms with Gasteiger partial charge in [-0.2, -0.15) is 13.2 Å². The molecule has 1 heterocycles. The second-order valence-electron chi connectivity index (χ2n) is 10.2. The minimum atomic E-state index is -5.08. The zero-order chi connectivity index (χ0) is 30.2. The van der Waals surface area contributed by atoms with Gasteiger partial charge in [-0.05, 0) is 55.2 Å². The molecule has 0 unspecified atom stereocenters. The average molecular weight is 600 g/mol. The van der Waals surface area contributed by atoms with E-state index in [0.717, 1.165) is 50.3 Å². The van der Waals surface area contributed by atoms with Gasteiger partial charge in [0.05, 0.1) is 16.1 Å². The lowest BCUT2D eigenvalue weighted by molar-refractivity contribution is -0.192. The lowest BCUT2D eigenvalue weighted by Gasteiger charge is -2.41. The lowest BCUT2D eigenvalue weighted by Crippen LogP contribution is -2.50. The Morgan fingerprint density at radius 3 is 2.05 bits per heavy atom. The number of rotatable bonds is 8. The lowest BCUT2D eigenvalue weighted by atomic mass is 9.94. The zero-order valence-corrected chi connectivity index (χ0v) is 23.7. The highest BCUT2D eigenvalue weighted by Gasteiger charge is 2.38. The summed E-state index contributed by atoms with van der Waals surface area (Å²) in [7, 11) is -3.89. The van der Waals surface area contributed by atoms with Crippen LogP contribution < -0.4 is 9.62 Å². The van der Waals surface area contributed by atoms with Crippen LogP contribution in [0.25, 0.3) is 0 Å². The third-order valence-electron chi connectivity index (χ3n) is 7.26. The van der Waals surface area contributed by atoms with Crippen molar-refractivity contribution in [2.24, 2.45) is 0 Å². The molecule has 1 saturated carbocycles. The standard InChI is InChI=1S/C26H35N3O4S.C2HF3O2/c1-2-6-20-9-12-23(13-10-20)34(32,33)27-25-14-11-22(19-24(25)26(30)31)29-17-15-28(16-18-29)21-7-4-3-5-8-21;3-2(4,5)1(6)7/h9-14,19,21,27H,2-8,15-18H2,1H3,(H,30,31);(H,6,7). The molecule has 1 aliphatic heterocycles. The maximum Gasteiger partial charge on any atom is 0.490 e. The molecule has 1 aliphatic carbocycles. The highest BCUT2D eigenvalue weighted by Crippen LogP contribution is 2.29. The minimum absolute atomic E-state index is 0.0432. The predicted molar refractivity (Wildman–Crippen MR) is 149 cm³/mol. The summed E-state index contributed by atoms with van der Waals surface area (Å²) >= 11 is 0. The van der Waals surface area contributed by atoms with Crippen molar-refractivity contribution < 1.29 is 41.4 Å². The van der Waals surface area contributed by atoms with Gasteiger partial charge in [0, 0.05) is 37.9 Å². The number of carboxylic acids is 2. The Bertz CT molecular complexity index is 1290. The van der Waals surface area contributed by atoms with Gasteiger partial charge >= 0.3 is 18.1 Å². The van der Waals surface area contributed by atoms with Crippen LogP contribution in [-0.4, -0.2) is 73.9 Å². The fourth-order valence-corrected chi connectivity index (χ4v) is 6.19. The van der Waals surface area contributed by atoms with E-state index in [1.54, 1.807) is 36.4 Å². The van der Waals surface area contributed by atoms with E-state index in [2.05, 4.69) is 21.4 Å². The van der Waals surface area contributed by atoms with Gasteiger partial charge in [-0.25, -0.2) is 18.0 Å². The Labute approximate surface area is 238 Å². The molecule has 1 saturated heterocycles. The molecule has 0 bridgehead atoms. The summed E-state index contributed by atoms with van der Waals surface area (Å²) in [6.07, 6.45) is 3.30. The number of aromatic carboxylic acids is 1. The number of halogens is 3. The molecule has 4 rings (SSSR count). The number of carbonyl (C=O) groups is 2. The van der Waals surface area contributed by atoms with E-state index >= 15 is 0 Å². The molecular formula is C28H36F3N3O6S. The van der Waals surface area contributed by atoms with Gasteiger partial charge in [-0.15, -0.1) is 0 Å². The van der Waals surface area contributed by atoms with Crippen molar-refractivity contribution in [3.8, 4) is 0 Å². The summed E-state index contributed by atoms with van der Waals surface area (Å²) in [6, 6.07) is 12.4. The first-order chi connectivity index (χ1) is 19.3. The first-order valence-electron chi connectivity index (χ1n) is 13.6. The summed E-state index contributed by atoms with van der Waals surface area (Å²) in [5, 5.41) is 16.9. The molecule has 3 N–H and O–H groups in total. The van der Waals surface area contributed by atoms with Gasteiger partial charge in [-0.1, -0.05) is 44.7 Å². The average Bonchev–Trinajstić information content (AvgIpc) is 2.94. The number of hydrogen-bond acceptors (Lipinski definition) is 6. The van der Waals surface area contributed by atoms with E-state index < -0.39 is 28.1 Å². The van der Waals surface area contributed by atoms with Gasteiger partial charge in [0.2, 0.25) is 0 Å². The van der Waals surface area contributed by atoms with Crippen molar-refractivity contribution in [3.05, 3.63) is 53.6 Å². The number of aryl methyl sites for hydroxylation is 1. The van der Waals surface area contributed by atoms with E-state index in [4.69, 9.17) is 9.90 Å². The quantitative estimate of drug-likeness (QED) is 0.377. The Hall–Kier alpha value is -3.32. The second-order valence-corrected chi connectivity index (χ2v) is 11.8. The summed E-state index contributed by atoms with van der Waals surface area (Å²) in [6.45, 7) is 5.68. The van der Waals surface area contributed by atoms with Crippen LogP contribution in [0.3, 0.4) is 0 Å². The van der Waals surface area contributed by atoms with Crippen molar-refractivity contribution in [2.45, 2.75) is 69.0 Å². The number of hydrogen-bond donors (Lipinski definition) is 3. The Balaban J connectivity index is 0.000000587. The number of nitrogens with zero attached hydrogens (tertiary/aromatic N) is 2. The number of aliphatic carboxylic acids is 1. The topological polar surface area (TPSA) is 127 Å². The van der Waals surface area contributed by atoms with Crippen LogP contribution in [0, 0.1) is 0 Å². The molecule has 0 amide bonds. The molecular weight excluding hydrogens is 563 g/mol. The molecule has 0 spiro atoms. The summed E-state index contributed by atoms with van der Waals surface area (Å²) in [4.78, 5) is 25.8. The van der Waals surface area contributed by atoms with Crippen LogP contribution in [0.4, 0.5) is 24.5 Å². The van der Waals surface area contributed by atoms with Crippen LogP contribution in [0.2, 0.25) is 0 Å². The third kappa shape index (κ3) is 9.09. The minimum Gasteiger partial charge on any atom is -0.478 e. The smallest absolute Gasteiger partial charge is 0.478 e. The van der Waals surface area contributed by atoms with Crippen molar-refractivity contribution in [1.82, 2.24) is 4.90 Å². The van der Waals surface area contributed by atoms with Gasteiger partial charge in [0.15, 0.2) is 0 Å². The predicted octanol–water partition coefficient (Wildman–Crippen LogP) is 5.23. The molecule has 0 aromatic heterocycles. The van der Waals surface area contributed by atoms with Crippen LogP contribution in [-0.2, 0) is 21.2 Å². The Kier molecular flexibility index (Phi) is 11.0. The van der Waals surface area contributed by atoms with Crippen LogP contribution in [0.15, 0.2) is 47.4 Å². The highest BCUT2D eigenvalue weighted by molar-refractivity contribution is 7.92. The number of nitrogens with one attached hydrogen (secondary N) is 1. The molecule has 2 fully saturated rings. The van der Waals surface area contributed by atoms with E-state index in [1.165, 1.54) is 32.1 Å². The van der Waals surface area contributed by atoms with Gasteiger partial charge < -0.3 is 15.1 Å². The molecule has 0 radical (unpaired) electrons. The molecule has 2 aliphatic rings. The molecule has 9 nitrogen and oxygen atoms in total. The Morgan fingerprint density at radius 2 is 1.54 bits per heavy atom. The van der Waals surface area contributed by atoms with E-state index in [-0.39, 0.29) is 16.1 Å². The van der Waals surface area contributed by atoms with Gasteiger partial charge in [0.25, 0.3) is 10.0 Å². The second kappa shape index (κ2) is 14.0. The van der Waals surface area contributed by atoms with Crippen LogP contribution in [0.1, 0.15) is 61.4 Å². The first kappa shape index (κ1) is 32.2. The Morgan fingerprint density at radius 1 is 0.951 bits per heavy atom. The number of piperazine rings is 1. The molecule has 13 heteroatoms. The number of benzene rings is 2. The fraction of sp³-hybridized carbons (Fsp3) is 0.500. The molecule has 226 valence electrons. The number of alkyl halides is 3. The van der Waals surface area contributed by atoms with Crippen molar-refractivity contribution in [1.29, 1.82) is 0 Å². The van der Waals surface area contributed by atoms with Crippen molar-refractivity contribution in [2.75, 3.05) is 35.8 Å². The first-order valence-corrected chi connectivity index (χ1v) is 15.1. The maximum atomic E-state index is 12.9. The molecule has 2 aromatic carbocycles. The van der Waals surface area contributed by atoms with E-state index in [1.807, 2.05) is 6.07 Å². The highest BCUT2D eigenvalue weighted by atomic mass is 32.2. The molecule has 41 heavy (non-hydrogen) atoms. The summed E-state index contributed by atoms with van der Waals surface area (Å²) in [5.74, 6) is -3.91. The van der Waals surface area contributed by atoms with E-state index in [0.29, 0.717) is 6.04 Å². The van der Waals surface area contributed by atoms with Gasteiger partial charge in [-0.3, -0.25) is 9.62 Å². The van der Waals surface area contributed by atoms with Crippen LogP contribution >= 0.6 is 0 Å². The SMILES string of the molecule is CCCc1ccc(S(=O)(=O)Nc2ccc(N3CCN(C4CCCCC4)CC3)cc2C(=O)O)cc1.O=C(O)C(F)(F)F. The monoisotopic (exact) mass is 599 g/mol. The normalized spacial score (nSPS) is 16.9. The maximum absolute atomic E-state index is 12.9. The molecule has 0 atom stereocenters. The van der Waals surface area contributed by atoms with E-state index in [9.17, 15) is 31.5 Å². The fourth-order valence-electron chi connectivity index (χ4n) is 5.11. The number of sulfonamides is 1. The van der Waals surface area contributed by atoms with Crippen molar-refractivity contribution >= 4 is 33.3 Å². The largest absolute Gasteiger partial charge is 0.490 e. The number of carboxylic acid groups (broad SMARTS) is 2. The molecule has 2 aromatic rings. The van der Waals surface area contributed by atoms with Crippen molar-refractivity contribution in [3.63, 3.8) is 0 Å². The summed E-state index contributed by atoms with van der Waals surface area (Å²) in [5.41, 5.74) is 1.92. The van der Waals surface area contributed by atoms with Crippen LogP contribution in [0.5, 0.6) is 0 Å². The number of anilines is 2. The van der Waals surface area contributed by atoms with Gasteiger partial charge in [0.1, 0.15) is 0 Å². The summed E-state index contributed by atoms with van der Waals surface area (Å²) < 4.78 is 60.0.